The lowest BCUT2D eigenvalue weighted by Crippen LogP contribution is -2.36. The first-order chi connectivity index (χ1) is 13.3. The van der Waals surface area contributed by atoms with Crippen LogP contribution in [0, 0.1) is 0 Å². The van der Waals surface area contributed by atoms with Gasteiger partial charge in [0.2, 0.25) is 0 Å². The smallest absolute Gasteiger partial charge is 0.274 e. The van der Waals surface area contributed by atoms with Gasteiger partial charge in [0.1, 0.15) is 0 Å². The Hall–Kier alpha value is -1.62. The van der Waals surface area contributed by atoms with Gasteiger partial charge in [0.15, 0.2) is 5.69 Å². The number of nitrogens with one attached hydrogen (secondary N) is 1. The second-order valence-corrected chi connectivity index (χ2v) is 8.34. The topological polar surface area (TPSA) is 50.2 Å². The van der Waals surface area contributed by atoms with Crippen LogP contribution < -0.4 is 5.32 Å². The van der Waals surface area contributed by atoms with Gasteiger partial charge in [0.05, 0.1) is 0 Å². The highest BCUT2D eigenvalue weighted by atomic mass is 16.2. The highest BCUT2D eigenvalue weighted by Crippen LogP contribution is 2.27. The van der Waals surface area contributed by atoms with Crippen molar-refractivity contribution >= 4 is 5.91 Å². The van der Waals surface area contributed by atoms with E-state index in [1.165, 1.54) is 43.4 Å². The van der Waals surface area contributed by atoms with Crippen LogP contribution in [0.3, 0.4) is 0 Å². The summed E-state index contributed by atoms with van der Waals surface area (Å²) in [5.41, 5.74) is 4.88. The van der Waals surface area contributed by atoms with E-state index in [0.717, 1.165) is 64.0 Å². The van der Waals surface area contributed by atoms with Crippen LogP contribution in [-0.2, 0) is 19.4 Å². The fraction of sp³-hybridized carbons (Fsp3) is 0.727. The molecule has 2 heterocycles. The van der Waals surface area contributed by atoms with E-state index in [2.05, 4.69) is 23.0 Å². The lowest BCUT2D eigenvalue weighted by Gasteiger charge is -2.25. The second-order valence-electron chi connectivity index (χ2n) is 8.34. The third-order valence-electron chi connectivity index (χ3n) is 6.51. The van der Waals surface area contributed by atoms with Crippen molar-refractivity contribution in [3.05, 3.63) is 28.6 Å². The van der Waals surface area contributed by atoms with Crippen molar-refractivity contribution in [1.29, 1.82) is 0 Å². The molecule has 1 aliphatic heterocycles. The molecule has 3 aliphatic rings. The van der Waals surface area contributed by atoms with Crippen LogP contribution >= 0.6 is 0 Å². The molecule has 0 radical (unpaired) electrons. The van der Waals surface area contributed by atoms with Gasteiger partial charge in [-0.2, -0.15) is 5.10 Å². The summed E-state index contributed by atoms with van der Waals surface area (Å²) < 4.78 is 2.07. The predicted molar refractivity (Wildman–Crippen MR) is 108 cm³/mol. The van der Waals surface area contributed by atoms with E-state index in [9.17, 15) is 4.79 Å². The summed E-state index contributed by atoms with van der Waals surface area (Å²) in [6, 6.07) is 0.473. The number of amides is 1. The average molecular weight is 371 g/mol. The van der Waals surface area contributed by atoms with Crippen molar-refractivity contribution < 1.29 is 4.79 Å². The molecule has 4 rings (SSSR count). The molecule has 1 aromatic rings. The molecule has 1 amide bonds. The first kappa shape index (κ1) is 18.7. The van der Waals surface area contributed by atoms with Gasteiger partial charge in [0, 0.05) is 36.9 Å². The molecule has 148 valence electrons. The molecule has 0 aromatic carbocycles. The fourth-order valence-corrected chi connectivity index (χ4v) is 4.93. The molecule has 1 atom stereocenters. The number of nitrogens with zero attached hydrogens (tertiary/aromatic N) is 3. The van der Waals surface area contributed by atoms with E-state index in [1.807, 2.05) is 4.90 Å². The van der Waals surface area contributed by atoms with Crippen LogP contribution in [0.25, 0.3) is 0 Å². The van der Waals surface area contributed by atoms with E-state index in [-0.39, 0.29) is 5.91 Å². The molecular weight excluding hydrogens is 336 g/mol. The highest BCUT2D eigenvalue weighted by Gasteiger charge is 2.31. The molecule has 1 aromatic heterocycles. The Morgan fingerprint density at radius 1 is 1.22 bits per heavy atom. The predicted octanol–water partition coefficient (Wildman–Crippen LogP) is 3.48. The number of aryl methyl sites for hydroxylation is 1. The Labute approximate surface area is 163 Å². The maximum Gasteiger partial charge on any atom is 0.274 e. The van der Waals surface area contributed by atoms with Gasteiger partial charge in [-0.15, -0.1) is 0 Å². The minimum Gasteiger partial charge on any atom is -0.337 e. The van der Waals surface area contributed by atoms with Gasteiger partial charge in [-0.1, -0.05) is 11.6 Å². The summed E-state index contributed by atoms with van der Waals surface area (Å²) in [7, 11) is 0. The van der Waals surface area contributed by atoms with E-state index in [4.69, 9.17) is 5.10 Å². The summed E-state index contributed by atoms with van der Waals surface area (Å²) in [6.45, 7) is 5.82. The van der Waals surface area contributed by atoms with Gasteiger partial charge in [-0.25, -0.2) is 0 Å². The fourth-order valence-electron chi connectivity index (χ4n) is 4.93. The minimum atomic E-state index is 0.156. The first-order valence-corrected chi connectivity index (χ1v) is 11.1. The zero-order valence-electron chi connectivity index (χ0n) is 16.8. The molecule has 2 aliphatic carbocycles. The highest BCUT2D eigenvalue weighted by molar-refractivity contribution is 5.94. The quantitative estimate of drug-likeness (QED) is 0.780. The van der Waals surface area contributed by atoms with Gasteiger partial charge in [-0.05, 0) is 77.7 Å². The summed E-state index contributed by atoms with van der Waals surface area (Å²) in [5, 5.41) is 8.50. The number of carbonyl (C=O) groups is 1. The molecule has 1 N–H and O–H groups in total. The number of aromatic nitrogens is 2. The zero-order valence-corrected chi connectivity index (χ0v) is 16.8. The Morgan fingerprint density at radius 3 is 2.81 bits per heavy atom. The number of likely N-dealkylation sites (tertiary alicyclic amines) is 1. The van der Waals surface area contributed by atoms with E-state index >= 15 is 0 Å². The molecule has 1 unspecified atom stereocenters. The minimum absolute atomic E-state index is 0.156. The van der Waals surface area contributed by atoms with Crippen LogP contribution in [0.5, 0.6) is 0 Å². The van der Waals surface area contributed by atoms with E-state index in [0.29, 0.717) is 6.04 Å². The van der Waals surface area contributed by atoms with Crippen molar-refractivity contribution in [1.82, 2.24) is 20.0 Å². The summed E-state index contributed by atoms with van der Waals surface area (Å²) in [6.07, 6.45) is 14.3. The van der Waals surface area contributed by atoms with Crippen molar-refractivity contribution in [2.75, 3.05) is 19.6 Å². The van der Waals surface area contributed by atoms with Gasteiger partial charge in [-0.3, -0.25) is 9.48 Å². The molecule has 5 heteroatoms. The maximum atomic E-state index is 13.0. The number of fused-ring (bicyclic) bond motifs is 1. The number of hydrogen-bond donors (Lipinski definition) is 1. The number of hydrogen-bond acceptors (Lipinski definition) is 3. The summed E-state index contributed by atoms with van der Waals surface area (Å²) in [5.74, 6) is 0.156. The van der Waals surface area contributed by atoms with Crippen molar-refractivity contribution in [2.45, 2.75) is 83.7 Å². The molecule has 27 heavy (non-hydrogen) atoms. The molecule has 0 saturated carbocycles. The Balaban J connectivity index is 1.41. The third kappa shape index (κ3) is 4.13. The van der Waals surface area contributed by atoms with Gasteiger partial charge in [0.25, 0.3) is 5.91 Å². The molecule has 5 nitrogen and oxygen atoms in total. The van der Waals surface area contributed by atoms with Gasteiger partial charge >= 0.3 is 0 Å². The molecular formula is C22H34N4O. The molecule has 1 fully saturated rings. The van der Waals surface area contributed by atoms with Crippen LogP contribution in [0.4, 0.5) is 0 Å². The van der Waals surface area contributed by atoms with Gasteiger partial charge < -0.3 is 10.2 Å². The number of allylic oxidation sites excluding steroid dienone is 1. The van der Waals surface area contributed by atoms with Crippen molar-refractivity contribution in [2.24, 2.45) is 0 Å². The number of rotatable bonds is 6. The van der Waals surface area contributed by atoms with Crippen LogP contribution in [0.2, 0.25) is 0 Å². The summed E-state index contributed by atoms with van der Waals surface area (Å²) in [4.78, 5) is 15.0. The molecule has 0 spiro atoms. The summed E-state index contributed by atoms with van der Waals surface area (Å²) >= 11 is 0. The molecule has 0 bridgehead atoms. The SMILES string of the molecule is CCn1nc(C(=O)N2CCCC2)c2c1CCC(NCCC1=CCCCC1)C2. The Kier molecular flexibility index (Phi) is 5.96. The van der Waals surface area contributed by atoms with E-state index < -0.39 is 0 Å². The van der Waals surface area contributed by atoms with Crippen LogP contribution in [0.15, 0.2) is 11.6 Å². The van der Waals surface area contributed by atoms with Crippen molar-refractivity contribution in [3.8, 4) is 0 Å². The van der Waals surface area contributed by atoms with Crippen LogP contribution in [-0.4, -0.2) is 46.3 Å². The maximum absolute atomic E-state index is 13.0. The third-order valence-corrected chi connectivity index (χ3v) is 6.51. The monoisotopic (exact) mass is 370 g/mol. The second kappa shape index (κ2) is 8.59. The van der Waals surface area contributed by atoms with Crippen LogP contribution in [0.1, 0.15) is 80.0 Å². The lowest BCUT2D eigenvalue weighted by molar-refractivity contribution is 0.0785. The largest absolute Gasteiger partial charge is 0.337 e. The Bertz CT molecular complexity index is 699. The van der Waals surface area contributed by atoms with E-state index in [1.54, 1.807) is 5.57 Å². The normalized spacial score (nSPS) is 22.6. The first-order valence-electron chi connectivity index (χ1n) is 11.1. The van der Waals surface area contributed by atoms with Crippen molar-refractivity contribution in [3.63, 3.8) is 0 Å². The number of carbonyl (C=O) groups excluding carboxylic acids is 1. The Morgan fingerprint density at radius 2 is 2.07 bits per heavy atom. The average Bonchev–Trinajstić information content (AvgIpc) is 3.36. The lowest BCUT2D eigenvalue weighted by atomic mass is 9.90. The standard InChI is InChI=1S/C22H34N4O/c1-2-26-20-11-10-18(23-13-12-17-8-4-3-5-9-17)16-19(20)21(24-26)22(27)25-14-6-7-15-25/h8,18,23H,2-7,9-16H2,1H3. The zero-order chi connectivity index (χ0) is 18.6. The molecule has 1 saturated heterocycles.